The van der Waals surface area contributed by atoms with Gasteiger partial charge in [0.1, 0.15) is 0 Å². The van der Waals surface area contributed by atoms with Gasteiger partial charge in [-0.15, -0.1) is 0 Å². The van der Waals surface area contributed by atoms with Crippen LogP contribution >= 0.6 is 0 Å². The minimum absolute atomic E-state index is 0.528. The van der Waals surface area contributed by atoms with Crippen LogP contribution in [0.3, 0.4) is 0 Å². The van der Waals surface area contributed by atoms with Crippen LogP contribution in [0.1, 0.15) is 28.4 Å². The lowest BCUT2D eigenvalue weighted by molar-refractivity contribution is 0.176. The van der Waals surface area contributed by atoms with E-state index >= 15 is 0 Å². The van der Waals surface area contributed by atoms with Crippen LogP contribution in [0.2, 0.25) is 0 Å². The van der Waals surface area contributed by atoms with Gasteiger partial charge < -0.3 is 13.9 Å². The number of hydrogen-bond donors (Lipinski definition) is 1. The van der Waals surface area contributed by atoms with Gasteiger partial charge in [-0.3, -0.25) is 0 Å². The molecular weight excluding hydrogens is 192 g/mol. The molecule has 0 saturated heterocycles. The molecule has 3 heteroatoms. The minimum atomic E-state index is -0.528. The molecule has 0 aliphatic heterocycles. The summed E-state index contributed by atoms with van der Waals surface area (Å²) in [7, 11) is 0. The first-order chi connectivity index (χ1) is 7.18. The molecule has 1 unspecified atom stereocenters. The fourth-order valence-corrected chi connectivity index (χ4v) is 1.63. The fourth-order valence-electron chi connectivity index (χ4n) is 1.63. The van der Waals surface area contributed by atoms with Crippen molar-refractivity contribution in [1.29, 1.82) is 0 Å². The predicted octanol–water partition coefficient (Wildman–Crippen LogP) is 2.77. The Morgan fingerprint density at radius 1 is 1.07 bits per heavy atom. The van der Waals surface area contributed by atoms with Crippen molar-refractivity contribution >= 4 is 0 Å². The standard InChI is InChI=1S/C12H14O3/c1-8-4-14-6-10(8)3-12(13)11-7-15-5-9(11)2/h4-7,12-13H,3H2,1-2H3. The van der Waals surface area contributed by atoms with E-state index in [2.05, 4.69) is 0 Å². The fraction of sp³-hybridized carbons (Fsp3) is 0.333. The number of rotatable bonds is 3. The van der Waals surface area contributed by atoms with Crippen LogP contribution in [0.4, 0.5) is 0 Å². The minimum Gasteiger partial charge on any atom is -0.472 e. The van der Waals surface area contributed by atoms with Crippen LogP contribution in [-0.4, -0.2) is 5.11 Å². The molecule has 0 bridgehead atoms. The quantitative estimate of drug-likeness (QED) is 0.839. The van der Waals surface area contributed by atoms with Gasteiger partial charge in [-0.25, -0.2) is 0 Å². The second-order valence-electron chi connectivity index (χ2n) is 3.81. The van der Waals surface area contributed by atoms with Gasteiger partial charge in [0.15, 0.2) is 0 Å². The summed E-state index contributed by atoms with van der Waals surface area (Å²) in [5.74, 6) is 0. The lowest BCUT2D eigenvalue weighted by Gasteiger charge is -2.08. The highest BCUT2D eigenvalue weighted by Crippen LogP contribution is 2.23. The van der Waals surface area contributed by atoms with E-state index in [-0.39, 0.29) is 0 Å². The maximum Gasteiger partial charge on any atom is 0.0963 e. The normalized spacial score (nSPS) is 13.0. The summed E-state index contributed by atoms with van der Waals surface area (Å²) in [5, 5.41) is 9.98. The van der Waals surface area contributed by atoms with E-state index in [1.165, 1.54) is 0 Å². The van der Waals surface area contributed by atoms with Gasteiger partial charge in [-0.1, -0.05) is 0 Å². The van der Waals surface area contributed by atoms with Crippen LogP contribution in [0, 0.1) is 13.8 Å². The molecule has 0 spiro atoms. The van der Waals surface area contributed by atoms with Gasteiger partial charge in [0.25, 0.3) is 0 Å². The van der Waals surface area contributed by atoms with Crippen LogP contribution in [-0.2, 0) is 6.42 Å². The van der Waals surface area contributed by atoms with Crippen LogP contribution < -0.4 is 0 Å². The summed E-state index contributed by atoms with van der Waals surface area (Å²) < 4.78 is 10.1. The second kappa shape index (κ2) is 3.95. The highest BCUT2D eigenvalue weighted by molar-refractivity contribution is 5.26. The molecule has 2 aromatic rings. The molecule has 0 aliphatic carbocycles. The molecular formula is C12H14O3. The van der Waals surface area contributed by atoms with Crippen molar-refractivity contribution in [3.8, 4) is 0 Å². The summed E-state index contributed by atoms with van der Waals surface area (Å²) in [6, 6.07) is 0. The topological polar surface area (TPSA) is 46.5 Å². The molecule has 2 aromatic heterocycles. The molecule has 15 heavy (non-hydrogen) atoms. The largest absolute Gasteiger partial charge is 0.472 e. The van der Waals surface area contributed by atoms with Crippen molar-refractivity contribution in [2.24, 2.45) is 0 Å². The summed E-state index contributed by atoms with van der Waals surface area (Å²) in [4.78, 5) is 0. The molecule has 0 saturated carbocycles. The van der Waals surface area contributed by atoms with Crippen molar-refractivity contribution in [3.05, 3.63) is 47.3 Å². The van der Waals surface area contributed by atoms with Crippen LogP contribution in [0.15, 0.2) is 33.9 Å². The van der Waals surface area contributed by atoms with E-state index < -0.39 is 6.10 Å². The Labute approximate surface area is 88.3 Å². The van der Waals surface area contributed by atoms with Gasteiger partial charge >= 0.3 is 0 Å². The second-order valence-corrected chi connectivity index (χ2v) is 3.81. The molecule has 1 atom stereocenters. The van der Waals surface area contributed by atoms with E-state index in [0.29, 0.717) is 6.42 Å². The first-order valence-corrected chi connectivity index (χ1v) is 4.91. The van der Waals surface area contributed by atoms with Crippen molar-refractivity contribution in [2.45, 2.75) is 26.4 Å². The van der Waals surface area contributed by atoms with Crippen molar-refractivity contribution < 1.29 is 13.9 Å². The summed E-state index contributed by atoms with van der Waals surface area (Å²) >= 11 is 0. The van der Waals surface area contributed by atoms with Crippen LogP contribution in [0.25, 0.3) is 0 Å². The van der Waals surface area contributed by atoms with Crippen molar-refractivity contribution in [3.63, 3.8) is 0 Å². The number of aliphatic hydroxyl groups is 1. The third kappa shape index (κ3) is 1.97. The third-order valence-corrected chi connectivity index (χ3v) is 2.63. The molecule has 2 rings (SSSR count). The molecule has 0 radical (unpaired) electrons. The zero-order valence-electron chi connectivity index (χ0n) is 8.86. The van der Waals surface area contributed by atoms with Gasteiger partial charge in [0, 0.05) is 12.0 Å². The summed E-state index contributed by atoms with van der Waals surface area (Å²) in [5.41, 5.74) is 3.91. The highest BCUT2D eigenvalue weighted by atomic mass is 16.3. The Balaban J connectivity index is 2.14. The van der Waals surface area contributed by atoms with Crippen LogP contribution in [0.5, 0.6) is 0 Å². The average Bonchev–Trinajstić information content (AvgIpc) is 2.76. The smallest absolute Gasteiger partial charge is 0.0963 e. The zero-order valence-corrected chi connectivity index (χ0v) is 8.86. The zero-order chi connectivity index (χ0) is 10.8. The van der Waals surface area contributed by atoms with Gasteiger partial charge in [-0.2, -0.15) is 0 Å². The Morgan fingerprint density at radius 3 is 2.27 bits per heavy atom. The number of furan rings is 2. The van der Waals surface area contributed by atoms with E-state index in [9.17, 15) is 5.11 Å². The molecule has 3 nitrogen and oxygen atoms in total. The van der Waals surface area contributed by atoms with E-state index in [0.717, 1.165) is 22.3 Å². The Morgan fingerprint density at radius 2 is 1.73 bits per heavy atom. The maximum absolute atomic E-state index is 9.98. The Hall–Kier alpha value is -1.48. The van der Waals surface area contributed by atoms with Gasteiger partial charge in [0.05, 0.1) is 31.2 Å². The molecule has 1 N–H and O–H groups in total. The average molecular weight is 206 g/mol. The molecule has 2 heterocycles. The Kier molecular flexibility index (Phi) is 2.64. The lowest BCUT2D eigenvalue weighted by atomic mass is 10.0. The molecule has 0 aromatic carbocycles. The van der Waals surface area contributed by atoms with E-state index in [1.54, 1.807) is 25.1 Å². The highest BCUT2D eigenvalue weighted by Gasteiger charge is 2.14. The Bertz CT molecular complexity index is 439. The summed E-state index contributed by atoms with van der Waals surface area (Å²) in [6.07, 6.45) is 6.62. The third-order valence-electron chi connectivity index (χ3n) is 2.63. The summed E-state index contributed by atoms with van der Waals surface area (Å²) in [6.45, 7) is 3.89. The van der Waals surface area contributed by atoms with E-state index in [1.807, 2.05) is 13.8 Å². The maximum atomic E-state index is 9.98. The molecule has 0 fully saturated rings. The number of aryl methyl sites for hydroxylation is 2. The van der Waals surface area contributed by atoms with Crippen molar-refractivity contribution in [2.75, 3.05) is 0 Å². The monoisotopic (exact) mass is 206 g/mol. The van der Waals surface area contributed by atoms with Gasteiger partial charge in [0.2, 0.25) is 0 Å². The first-order valence-electron chi connectivity index (χ1n) is 4.91. The number of aliphatic hydroxyl groups excluding tert-OH is 1. The number of hydrogen-bond acceptors (Lipinski definition) is 3. The van der Waals surface area contributed by atoms with Gasteiger partial charge in [-0.05, 0) is 30.5 Å². The predicted molar refractivity (Wildman–Crippen MR) is 55.6 cm³/mol. The van der Waals surface area contributed by atoms with E-state index in [4.69, 9.17) is 8.83 Å². The SMILES string of the molecule is Cc1cocc1CC(O)c1cocc1C. The molecule has 0 amide bonds. The molecule has 0 aliphatic rings. The molecule has 80 valence electrons. The van der Waals surface area contributed by atoms with Crippen molar-refractivity contribution in [1.82, 2.24) is 0 Å². The first kappa shape index (κ1) is 10.1. The lowest BCUT2D eigenvalue weighted by Crippen LogP contribution is -2.02.